The van der Waals surface area contributed by atoms with E-state index in [9.17, 15) is 8.42 Å². The standard InChI is InChI=1S/C15H25NO2S/c1-14(2,3)13-8-6-12(7-9-13)10-19(17,18)11-15(4,5)16/h6-9H,10-11,16H2,1-5H3. The average molecular weight is 283 g/mol. The lowest BCUT2D eigenvalue weighted by molar-refractivity contribution is 0.544. The van der Waals surface area contributed by atoms with Crippen LogP contribution in [-0.4, -0.2) is 19.7 Å². The second-order valence-corrected chi connectivity index (χ2v) is 9.03. The molecular formula is C15H25NO2S. The third kappa shape index (κ3) is 5.74. The highest BCUT2D eigenvalue weighted by Gasteiger charge is 2.22. The monoisotopic (exact) mass is 283 g/mol. The second kappa shape index (κ2) is 5.25. The van der Waals surface area contributed by atoms with E-state index < -0.39 is 15.4 Å². The zero-order valence-electron chi connectivity index (χ0n) is 12.5. The first-order valence-electron chi connectivity index (χ1n) is 6.48. The van der Waals surface area contributed by atoms with Gasteiger partial charge in [0.2, 0.25) is 0 Å². The van der Waals surface area contributed by atoms with E-state index in [2.05, 4.69) is 20.8 Å². The molecule has 19 heavy (non-hydrogen) atoms. The molecular weight excluding hydrogens is 258 g/mol. The molecule has 0 aliphatic carbocycles. The Hall–Kier alpha value is -0.870. The van der Waals surface area contributed by atoms with Gasteiger partial charge in [0.15, 0.2) is 9.84 Å². The molecule has 0 aromatic heterocycles. The van der Waals surface area contributed by atoms with Gasteiger partial charge in [0.1, 0.15) is 0 Å². The van der Waals surface area contributed by atoms with E-state index in [1.165, 1.54) is 5.56 Å². The molecule has 4 heteroatoms. The van der Waals surface area contributed by atoms with Gasteiger partial charge in [0.05, 0.1) is 11.5 Å². The van der Waals surface area contributed by atoms with Gasteiger partial charge in [-0.3, -0.25) is 0 Å². The topological polar surface area (TPSA) is 60.2 Å². The molecule has 0 aliphatic rings. The number of hydrogen-bond donors (Lipinski definition) is 1. The fraction of sp³-hybridized carbons (Fsp3) is 0.600. The van der Waals surface area contributed by atoms with Gasteiger partial charge >= 0.3 is 0 Å². The van der Waals surface area contributed by atoms with Crippen molar-refractivity contribution < 1.29 is 8.42 Å². The van der Waals surface area contributed by atoms with Crippen LogP contribution in [0.4, 0.5) is 0 Å². The van der Waals surface area contributed by atoms with Crippen LogP contribution >= 0.6 is 0 Å². The molecule has 0 amide bonds. The molecule has 2 N–H and O–H groups in total. The number of rotatable bonds is 4. The summed E-state index contributed by atoms with van der Waals surface area (Å²) in [6.07, 6.45) is 0. The fourth-order valence-corrected chi connectivity index (χ4v) is 3.91. The minimum atomic E-state index is -3.17. The number of sulfone groups is 1. The lowest BCUT2D eigenvalue weighted by atomic mass is 9.87. The molecule has 1 aromatic rings. The smallest absolute Gasteiger partial charge is 0.156 e. The van der Waals surface area contributed by atoms with Crippen molar-refractivity contribution in [3.05, 3.63) is 35.4 Å². The molecule has 0 saturated carbocycles. The van der Waals surface area contributed by atoms with Crippen LogP contribution < -0.4 is 5.73 Å². The minimum Gasteiger partial charge on any atom is -0.325 e. The van der Waals surface area contributed by atoms with Gasteiger partial charge in [-0.15, -0.1) is 0 Å². The Morgan fingerprint density at radius 1 is 1.00 bits per heavy atom. The Morgan fingerprint density at radius 2 is 1.47 bits per heavy atom. The van der Waals surface area contributed by atoms with Gasteiger partial charge < -0.3 is 5.73 Å². The number of hydrogen-bond acceptors (Lipinski definition) is 3. The first kappa shape index (κ1) is 16.2. The normalized spacial score (nSPS) is 13.6. The summed E-state index contributed by atoms with van der Waals surface area (Å²) in [5.41, 5.74) is 7.19. The van der Waals surface area contributed by atoms with E-state index >= 15 is 0 Å². The van der Waals surface area contributed by atoms with Crippen molar-refractivity contribution >= 4 is 9.84 Å². The van der Waals surface area contributed by atoms with Crippen molar-refractivity contribution in [3.8, 4) is 0 Å². The SMILES string of the molecule is CC(C)(N)CS(=O)(=O)Cc1ccc(C(C)(C)C)cc1. The highest BCUT2D eigenvalue weighted by molar-refractivity contribution is 7.90. The molecule has 0 bridgehead atoms. The summed E-state index contributed by atoms with van der Waals surface area (Å²) in [5, 5.41) is 0. The Kier molecular flexibility index (Phi) is 4.47. The molecule has 1 rings (SSSR count). The molecule has 0 saturated heterocycles. The van der Waals surface area contributed by atoms with Crippen LogP contribution in [0.3, 0.4) is 0 Å². The molecule has 0 unspecified atom stereocenters. The van der Waals surface area contributed by atoms with Gasteiger partial charge in [0, 0.05) is 5.54 Å². The second-order valence-electron chi connectivity index (χ2n) is 6.97. The van der Waals surface area contributed by atoms with Crippen LogP contribution in [0.15, 0.2) is 24.3 Å². The van der Waals surface area contributed by atoms with E-state index in [1.807, 2.05) is 24.3 Å². The maximum Gasteiger partial charge on any atom is 0.156 e. The van der Waals surface area contributed by atoms with Gasteiger partial charge in [-0.25, -0.2) is 8.42 Å². The average Bonchev–Trinajstić information content (AvgIpc) is 2.11. The summed E-state index contributed by atoms with van der Waals surface area (Å²) in [6, 6.07) is 7.78. The Labute approximate surface area is 117 Å². The Balaban J connectivity index is 2.84. The molecule has 0 aliphatic heterocycles. The molecule has 0 spiro atoms. The van der Waals surface area contributed by atoms with E-state index in [1.54, 1.807) is 13.8 Å². The van der Waals surface area contributed by atoms with Crippen molar-refractivity contribution in [2.75, 3.05) is 5.75 Å². The van der Waals surface area contributed by atoms with Crippen LogP contribution in [0.25, 0.3) is 0 Å². The van der Waals surface area contributed by atoms with Crippen molar-refractivity contribution in [1.82, 2.24) is 0 Å². The summed E-state index contributed by atoms with van der Waals surface area (Å²) in [7, 11) is -3.17. The predicted octanol–water partition coefficient (Wildman–Crippen LogP) is 2.64. The zero-order chi connectivity index (χ0) is 14.9. The summed E-state index contributed by atoms with van der Waals surface area (Å²) >= 11 is 0. The quantitative estimate of drug-likeness (QED) is 0.924. The third-order valence-corrected chi connectivity index (χ3v) is 4.76. The molecule has 108 valence electrons. The van der Waals surface area contributed by atoms with Crippen molar-refractivity contribution in [2.24, 2.45) is 5.73 Å². The van der Waals surface area contributed by atoms with Gasteiger partial charge in [-0.1, -0.05) is 45.0 Å². The molecule has 0 heterocycles. The van der Waals surface area contributed by atoms with E-state index in [4.69, 9.17) is 5.73 Å². The predicted molar refractivity (Wildman–Crippen MR) is 80.9 cm³/mol. The van der Waals surface area contributed by atoms with E-state index in [0.29, 0.717) is 0 Å². The maximum absolute atomic E-state index is 12.0. The van der Waals surface area contributed by atoms with Crippen LogP contribution in [0.5, 0.6) is 0 Å². The Bertz CT molecular complexity index is 517. The highest BCUT2D eigenvalue weighted by atomic mass is 32.2. The van der Waals surface area contributed by atoms with Gasteiger partial charge in [0.25, 0.3) is 0 Å². The summed E-state index contributed by atoms with van der Waals surface area (Å²) in [4.78, 5) is 0. The fourth-order valence-electron chi connectivity index (χ4n) is 1.97. The summed E-state index contributed by atoms with van der Waals surface area (Å²) < 4.78 is 24.0. The van der Waals surface area contributed by atoms with Crippen molar-refractivity contribution in [1.29, 1.82) is 0 Å². The summed E-state index contributed by atoms with van der Waals surface area (Å²) in [5.74, 6) is 0.0546. The van der Waals surface area contributed by atoms with Gasteiger partial charge in [-0.2, -0.15) is 0 Å². The highest BCUT2D eigenvalue weighted by Crippen LogP contribution is 2.23. The number of nitrogens with two attached hydrogens (primary N) is 1. The van der Waals surface area contributed by atoms with Crippen LogP contribution in [0, 0.1) is 0 Å². The molecule has 3 nitrogen and oxygen atoms in total. The number of benzene rings is 1. The van der Waals surface area contributed by atoms with Gasteiger partial charge in [-0.05, 0) is 30.4 Å². The first-order valence-corrected chi connectivity index (χ1v) is 8.30. The Morgan fingerprint density at radius 3 is 1.84 bits per heavy atom. The van der Waals surface area contributed by atoms with Crippen LogP contribution in [-0.2, 0) is 21.0 Å². The van der Waals surface area contributed by atoms with E-state index in [-0.39, 0.29) is 16.9 Å². The maximum atomic E-state index is 12.0. The molecule has 1 aromatic carbocycles. The molecule has 0 fully saturated rings. The van der Waals surface area contributed by atoms with Crippen LogP contribution in [0.2, 0.25) is 0 Å². The summed E-state index contributed by atoms with van der Waals surface area (Å²) in [6.45, 7) is 9.86. The first-order chi connectivity index (χ1) is 8.39. The molecule has 0 atom stereocenters. The zero-order valence-corrected chi connectivity index (χ0v) is 13.3. The van der Waals surface area contributed by atoms with E-state index in [0.717, 1.165) is 5.56 Å². The lowest BCUT2D eigenvalue weighted by Gasteiger charge is -2.20. The van der Waals surface area contributed by atoms with Crippen molar-refractivity contribution in [3.63, 3.8) is 0 Å². The van der Waals surface area contributed by atoms with Crippen LogP contribution in [0.1, 0.15) is 45.7 Å². The largest absolute Gasteiger partial charge is 0.325 e. The third-order valence-electron chi connectivity index (χ3n) is 2.80. The molecule has 0 radical (unpaired) electrons. The van der Waals surface area contributed by atoms with Crippen molar-refractivity contribution in [2.45, 2.75) is 51.3 Å². The lowest BCUT2D eigenvalue weighted by Crippen LogP contribution is -2.40. The minimum absolute atomic E-state index is 0.00101.